The highest BCUT2D eigenvalue weighted by Crippen LogP contribution is 2.11. The summed E-state index contributed by atoms with van der Waals surface area (Å²) in [4.78, 5) is 24.2. The van der Waals surface area contributed by atoms with Gasteiger partial charge in [-0.25, -0.2) is 4.79 Å². The van der Waals surface area contributed by atoms with Crippen LogP contribution in [0.2, 0.25) is 0 Å². The normalized spacial score (nSPS) is 13.4. The molecule has 1 unspecified atom stereocenters. The predicted octanol–water partition coefficient (Wildman–Crippen LogP) is 0.699. The van der Waals surface area contributed by atoms with Crippen molar-refractivity contribution in [3.63, 3.8) is 0 Å². The molecular formula is C15H18N3O2S+. The molecule has 0 bridgehead atoms. The average Bonchev–Trinajstić information content (AvgIpc) is 2.92. The fraction of sp³-hybridized carbons (Fsp3) is 0.200. The summed E-state index contributed by atoms with van der Waals surface area (Å²) < 4.78 is 0. The van der Waals surface area contributed by atoms with E-state index in [2.05, 4.69) is 10.7 Å². The summed E-state index contributed by atoms with van der Waals surface area (Å²) in [6.45, 7) is 0.690. The van der Waals surface area contributed by atoms with Gasteiger partial charge in [-0.3, -0.25) is 10.1 Å². The number of nitrogens with two attached hydrogens (primary N) is 1. The number of rotatable bonds is 5. The molecule has 0 saturated heterocycles. The molecule has 0 aliphatic carbocycles. The number of thiophene rings is 1. The Balaban J connectivity index is 2.22. The standard InChI is InChI=1S/C15H17N3O2S/c1-18(9-11-7-8-21-10-11)13(14(19)17-15(16)20)12-5-3-2-4-6-12/h2-8,10,13H,9H2,1H3,(H3,16,17,19,20)/p+1/t13-/m0/s1. The van der Waals surface area contributed by atoms with Gasteiger partial charge < -0.3 is 10.6 Å². The van der Waals surface area contributed by atoms with Crippen molar-refractivity contribution in [1.82, 2.24) is 5.32 Å². The fourth-order valence-corrected chi connectivity index (χ4v) is 2.98. The minimum atomic E-state index is -0.829. The third-order valence-electron chi connectivity index (χ3n) is 3.20. The maximum absolute atomic E-state index is 12.3. The van der Waals surface area contributed by atoms with Crippen LogP contribution < -0.4 is 16.0 Å². The topological polar surface area (TPSA) is 76.6 Å². The zero-order valence-electron chi connectivity index (χ0n) is 11.7. The molecule has 110 valence electrons. The average molecular weight is 304 g/mol. The van der Waals surface area contributed by atoms with Gasteiger partial charge >= 0.3 is 6.03 Å². The lowest BCUT2D eigenvalue weighted by Crippen LogP contribution is -3.09. The number of quaternary nitrogens is 1. The van der Waals surface area contributed by atoms with E-state index in [4.69, 9.17) is 5.73 Å². The summed E-state index contributed by atoms with van der Waals surface area (Å²) in [5, 5.41) is 6.24. The van der Waals surface area contributed by atoms with Crippen LogP contribution in [0.25, 0.3) is 0 Å². The van der Waals surface area contributed by atoms with Crippen LogP contribution in [-0.2, 0) is 11.3 Å². The van der Waals surface area contributed by atoms with Gasteiger partial charge in [0.05, 0.1) is 7.05 Å². The summed E-state index contributed by atoms with van der Waals surface area (Å²) in [5.74, 6) is -0.388. The van der Waals surface area contributed by atoms with Crippen molar-refractivity contribution in [3.05, 3.63) is 58.3 Å². The molecule has 3 amide bonds. The summed E-state index contributed by atoms with van der Waals surface area (Å²) in [6.07, 6.45) is 0. The molecule has 5 nitrogen and oxygen atoms in total. The highest BCUT2D eigenvalue weighted by Gasteiger charge is 2.29. The van der Waals surface area contributed by atoms with Crippen LogP contribution in [0.5, 0.6) is 0 Å². The zero-order chi connectivity index (χ0) is 15.2. The first-order valence-corrected chi connectivity index (χ1v) is 7.51. The van der Waals surface area contributed by atoms with E-state index in [0.29, 0.717) is 6.54 Å². The zero-order valence-corrected chi connectivity index (χ0v) is 12.5. The van der Waals surface area contributed by atoms with E-state index in [-0.39, 0.29) is 5.91 Å². The number of nitrogens with one attached hydrogen (secondary N) is 2. The molecule has 21 heavy (non-hydrogen) atoms. The smallest absolute Gasteiger partial charge is 0.319 e. The molecule has 2 aromatic rings. The first-order valence-electron chi connectivity index (χ1n) is 6.56. The van der Waals surface area contributed by atoms with Gasteiger partial charge in [-0.05, 0) is 16.8 Å². The van der Waals surface area contributed by atoms with E-state index < -0.39 is 12.1 Å². The van der Waals surface area contributed by atoms with Crippen LogP contribution in [-0.4, -0.2) is 19.0 Å². The lowest BCUT2D eigenvalue weighted by molar-refractivity contribution is -0.916. The van der Waals surface area contributed by atoms with Gasteiger partial charge in [0.1, 0.15) is 6.54 Å². The molecule has 0 aliphatic rings. The number of benzene rings is 1. The molecule has 6 heteroatoms. The van der Waals surface area contributed by atoms with Gasteiger partial charge in [-0.15, -0.1) is 0 Å². The maximum atomic E-state index is 12.3. The third-order valence-corrected chi connectivity index (χ3v) is 3.93. The van der Waals surface area contributed by atoms with Crippen molar-refractivity contribution >= 4 is 23.3 Å². The van der Waals surface area contributed by atoms with Crippen molar-refractivity contribution in [2.45, 2.75) is 12.6 Å². The van der Waals surface area contributed by atoms with Crippen LogP contribution in [0, 0.1) is 0 Å². The third kappa shape index (κ3) is 4.14. The number of primary amides is 1. The highest BCUT2D eigenvalue weighted by molar-refractivity contribution is 7.07. The Bertz CT molecular complexity index is 599. The Morgan fingerprint density at radius 3 is 2.57 bits per heavy atom. The minimum Gasteiger partial charge on any atom is -0.351 e. The fourth-order valence-electron chi connectivity index (χ4n) is 2.32. The SMILES string of the molecule is C[NH+](Cc1ccsc1)[C@H](C(=O)NC(N)=O)c1ccccc1. The van der Waals surface area contributed by atoms with Gasteiger partial charge in [-0.2, -0.15) is 11.3 Å². The minimum absolute atomic E-state index is 0.388. The Labute approximate surface area is 127 Å². The monoisotopic (exact) mass is 304 g/mol. The van der Waals surface area contributed by atoms with Crippen molar-refractivity contribution in [2.24, 2.45) is 5.73 Å². The Kier molecular flexibility index (Phi) is 5.08. The van der Waals surface area contributed by atoms with Crippen molar-refractivity contribution in [3.8, 4) is 0 Å². The van der Waals surface area contributed by atoms with E-state index in [9.17, 15) is 9.59 Å². The molecule has 0 fully saturated rings. The van der Waals surface area contributed by atoms with Crippen molar-refractivity contribution < 1.29 is 14.5 Å². The van der Waals surface area contributed by atoms with E-state index >= 15 is 0 Å². The van der Waals surface area contributed by atoms with Crippen LogP contribution in [0.1, 0.15) is 17.2 Å². The summed E-state index contributed by atoms with van der Waals surface area (Å²) in [7, 11) is 1.93. The van der Waals surface area contributed by atoms with Gasteiger partial charge in [0, 0.05) is 11.1 Å². The number of hydrogen-bond donors (Lipinski definition) is 3. The molecule has 2 rings (SSSR count). The molecule has 0 spiro atoms. The number of carbonyl (C=O) groups excluding carboxylic acids is 2. The van der Waals surface area contributed by atoms with Gasteiger partial charge in [-0.1, -0.05) is 30.3 Å². The van der Waals surface area contributed by atoms with E-state index in [1.807, 2.05) is 48.8 Å². The molecule has 0 radical (unpaired) electrons. The van der Waals surface area contributed by atoms with Gasteiger partial charge in [0.25, 0.3) is 5.91 Å². The molecular weight excluding hydrogens is 286 g/mol. The van der Waals surface area contributed by atoms with Crippen LogP contribution in [0.3, 0.4) is 0 Å². The Morgan fingerprint density at radius 2 is 2.00 bits per heavy atom. The number of likely N-dealkylation sites (N-methyl/N-ethyl adjacent to an activating group) is 1. The second kappa shape index (κ2) is 7.01. The van der Waals surface area contributed by atoms with Crippen LogP contribution in [0.4, 0.5) is 4.79 Å². The lowest BCUT2D eigenvalue weighted by Gasteiger charge is -2.23. The summed E-state index contributed by atoms with van der Waals surface area (Å²) >= 11 is 1.62. The number of urea groups is 1. The van der Waals surface area contributed by atoms with Crippen molar-refractivity contribution in [2.75, 3.05) is 7.05 Å². The van der Waals surface area contributed by atoms with E-state index in [0.717, 1.165) is 16.0 Å². The maximum Gasteiger partial charge on any atom is 0.319 e. The quantitative estimate of drug-likeness (QED) is 0.760. The lowest BCUT2D eigenvalue weighted by atomic mass is 10.0. The van der Waals surface area contributed by atoms with E-state index in [1.54, 1.807) is 11.3 Å². The Hall–Kier alpha value is -2.18. The van der Waals surface area contributed by atoms with E-state index in [1.165, 1.54) is 0 Å². The molecule has 1 aromatic carbocycles. The number of imide groups is 1. The number of amides is 3. The van der Waals surface area contributed by atoms with Crippen LogP contribution >= 0.6 is 11.3 Å². The predicted molar refractivity (Wildman–Crippen MR) is 81.8 cm³/mol. The van der Waals surface area contributed by atoms with Gasteiger partial charge in [0.15, 0.2) is 6.04 Å². The summed E-state index contributed by atoms with van der Waals surface area (Å²) in [6, 6.07) is 10.1. The molecule has 0 saturated carbocycles. The Morgan fingerprint density at radius 1 is 1.29 bits per heavy atom. The largest absolute Gasteiger partial charge is 0.351 e. The first-order chi connectivity index (χ1) is 10.1. The molecule has 0 aliphatic heterocycles. The molecule has 4 N–H and O–H groups in total. The second-order valence-corrected chi connectivity index (χ2v) is 5.63. The summed E-state index contributed by atoms with van der Waals surface area (Å²) in [5.41, 5.74) is 7.08. The number of hydrogen-bond acceptors (Lipinski definition) is 3. The van der Waals surface area contributed by atoms with Crippen molar-refractivity contribution in [1.29, 1.82) is 0 Å². The van der Waals surface area contributed by atoms with Gasteiger partial charge in [0.2, 0.25) is 0 Å². The highest BCUT2D eigenvalue weighted by atomic mass is 32.1. The van der Waals surface area contributed by atoms with Crippen LogP contribution in [0.15, 0.2) is 47.2 Å². The first kappa shape index (κ1) is 15.2. The molecule has 1 heterocycles. The number of carbonyl (C=O) groups is 2. The second-order valence-electron chi connectivity index (χ2n) is 4.85. The molecule has 2 atom stereocenters. The molecule has 1 aromatic heterocycles.